The summed E-state index contributed by atoms with van der Waals surface area (Å²) in [5.74, 6) is -2.45. The Hall–Kier alpha value is -2.70. The molecule has 1 aliphatic carbocycles. The average Bonchev–Trinajstić information content (AvgIpc) is 2.99. The van der Waals surface area contributed by atoms with Crippen LogP contribution in [0.1, 0.15) is 44.7 Å². The standard InChI is InChI=1S/C24H29NO5/c1-15(30-24(2,3)4)21(22(26)25-28-5)23(27)29-14-20-18-12-8-6-10-16(18)17-11-7-9-13-19(17)20/h6-13,15,20-21H,14H2,1-5H3,(H,25,26)/t15-,21?/m1/s1. The van der Waals surface area contributed by atoms with Crippen LogP contribution in [-0.4, -0.2) is 37.3 Å². The van der Waals surface area contributed by atoms with E-state index in [0.29, 0.717) is 0 Å². The number of nitrogens with one attached hydrogen (secondary N) is 1. The van der Waals surface area contributed by atoms with E-state index in [0.717, 1.165) is 22.3 Å². The lowest BCUT2D eigenvalue weighted by Gasteiger charge is -2.29. The molecule has 0 saturated heterocycles. The van der Waals surface area contributed by atoms with Crippen LogP contribution in [0.5, 0.6) is 0 Å². The maximum absolute atomic E-state index is 12.9. The molecule has 1 N–H and O–H groups in total. The highest BCUT2D eigenvalue weighted by Crippen LogP contribution is 2.44. The number of fused-ring (bicyclic) bond motifs is 3. The first-order chi connectivity index (χ1) is 14.2. The molecule has 6 heteroatoms. The molecule has 2 aromatic rings. The van der Waals surface area contributed by atoms with Crippen LogP contribution >= 0.6 is 0 Å². The number of esters is 1. The van der Waals surface area contributed by atoms with Crippen molar-refractivity contribution in [3.63, 3.8) is 0 Å². The largest absolute Gasteiger partial charge is 0.464 e. The summed E-state index contributed by atoms with van der Waals surface area (Å²) in [6.45, 7) is 7.43. The van der Waals surface area contributed by atoms with Crippen molar-refractivity contribution < 1.29 is 23.9 Å². The highest BCUT2D eigenvalue weighted by Gasteiger charge is 2.38. The van der Waals surface area contributed by atoms with Crippen LogP contribution in [0.3, 0.4) is 0 Å². The molecule has 0 saturated carbocycles. The third-order valence-electron chi connectivity index (χ3n) is 5.10. The van der Waals surface area contributed by atoms with Crippen LogP contribution < -0.4 is 5.48 Å². The molecule has 1 amide bonds. The normalized spacial score (nSPS) is 15.1. The second-order valence-corrected chi connectivity index (χ2v) is 8.44. The van der Waals surface area contributed by atoms with Gasteiger partial charge in [-0.3, -0.25) is 14.4 Å². The van der Waals surface area contributed by atoms with Crippen LogP contribution in [-0.2, 0) is 23.9 Å². The first-order valence-corrected chi connectivity index (χ1v) is 10.1. The first kappa shape index (κ1) is 22.0. The van der Waals surface area contributed by atoms with Gasteiger partial charge in [0.1, 0.15) is 6.61 Å². The Morgan fingerprint density at radius 2 is 1.53 bits per heavy atom. The van der Waals surface area contributed by atoms with E-state index in [1.54, 1.807) is 6.92 Å². The van der Waals surface area contributed by atoms with E-state index < -0.39 is 29.5 Å². The molecule has 2 atom stereocenters. The van der Waals surface area contributed by atoms with Crippen molar-refractivity contribution in [3.8, 4) is 11.1 Å². The van der Waals surface area contributed by atoms with E-state index in [1.807, 2.05) is 57.2 Å². The third-order valence-corrected chi connectivity index (χ3v) is 5.10. The number of carbonyl (C=O) groups excluding carboxylic acids is 2. The molecular weight excluding hydrogens is 382 g/mol. The number of benzene rings is 2. The number of hydrogen-bond acceptors (Lipinski definition) is 5. The molecule has 160 valence electrons. The average molecular weight is 411 g/mol. The zero-order valence-electron chi connectivity index (χ0n) is 18.1. The Balaban J connectivity index is 1.79. The summed E-state index contributed by atoms with van der Waals surface area (Å²) in [7, 11) is 1.32. The molecule has 1 unspecified atom stereocenters. The number of rotatable bonds is 7. The zero-order chi connectivity index (χ0) is 21.9. The van der Waals surface area contributed by atoms with E-state index in [1.165, 1.54) is 7.11 Å². The quantitative estimate of drug-likeness (QED) is 0.426. The van der Waals surface area contributed by atoms with Gasteiger partial charge in [0.05, 0.1) is 18.8 Å². The molecule has 3 rings (SSSR count). The van der Waals surface area contributed by atoms with Gasteiger partial charge in [0.15, 0.2) is 5.92 Å². The molecule has 6 nitrogen and oxygen atoms in total. The highest BCUT2D eigenvalue weighted by atomic mass is 16.6. The van der Waals surface area contributed by atoms with E-state index in [4.69, 9.17) is 14.3 Å². The second-order valence-electron chi connectivity index (χ2n) is 8.44. The van der Waals surface area contributed by atoms with Crippen LogP contribution in [0.2, 0.25) is 0 Å². The molecule has 0 heterocycles. The van der Waals surface area contributed by atoms with Crippen molar-refractivity contribution in [2.45, 2.75) is 45.3 Å². The summed E-state index contributed by atoms with van der Waals surface area (Å²) in [4.78, 5) is 30.2. The molecular formula is C24H29NO5. The van der Waals surface area contributed by atoms with Gasteiger partial charge in [0, 0.05) is 5.92 Å². The summed E-state index contributed by atoms with van der Waals surface area (Å²) in [5.41, 5.74) is 6.23. The number of amides is 1. The van der Waals surface area contributed by atoms with Crippen LogP contribution in [0, 0.1) is 5.92 Å². The predicted octanol–water partition coefficient (Wildman–Crippen LogP) is 3.84. The Morgan fingerprint density at radius 1 is 1.00 bits per heavy atom. The fourth-order valence-corrected chi connectivity index (χ4v) is 4.00. The number of hydroxylamine groups is 1. The molecule has 30 heavy (non-hydrogen) atoms. The predicted molar refractivity (Wildman–Crippen MR) is 114 cm³/mol. The fourth-order valence-electron chi connectivity index (χ4n) is 4.00. The monoisotopic (exact) mass is 411 g/mol. The van der Waals surface area contributed by atoms with Gasteiger partial charge < -0.3 is 9.47 Å². The third kappa shape index (κ3) is 4.71. The maximum atomic E-state index is 12.9. The molecule has 0 bridgehead atoms. The van der Waals surface area contributed by atoms with E-state index in [-0.39, 0.29) is 12.5 Å². The van der Waals surface area contributed by atoms with Crippen molar-refractivity contribution in [1.82, 2.24) is 5.48 Å². The lowest BCUT2D eigenvalue weighted by molar-refractivity contribution is -0.167. The number of carbonyl (C=O) groups is 2. The molecule has 0 spiro atoms. The zero-order valence-corrected chi connectivity index (χ0v) is 18.1. The second kappa shape index (κ2) is 8.98. The molecule has 2 aromatic carbocycles. The van der Waals surface area contributed by atoms with Crippen LogP contribution in [0.4, 0.5) is 0 Å². The van der Waals surface area contributed by atoms with Gasteiger partial charge in [-0.2, -0.15) is 0 Å². The molecule has 1 aliphatic rings. The summed E-state index contributed by atoms with van der Waals surface area (Å²) in [6.07, 6.45) is -0.684. The van der Waals surface area contributed by atoms with Gasteiger partial charge >= 0.3 is 5.97 Å². The van der Waals surface area contributed by atoms with Gasteiger partial charge in [-0.15, -0.1) is 0 Å². The summed E-state index contributed by atoms with van der Waals surface area (Å²) in [5, 5.41) is 0. The van der Waals surface area contributed by atoms with Crippen molar-refractivity contribution in [2.24, 2.45) is 5.92 Å². The van der Waals surface area contributed by atoms with Crippen LogP contribution in [0.15, 0.2) is 48.5 Å². The molecule has 0 radical (unpaired) electrons. The first-order valence-electron chi connectivity index (χ1n) is 10.1. The topological polar surface area (TPSA) is 73.9 Å². The van der Waals surface area contributed by atoms with E-state index in [9.17, 15) is 9.59 Å². The Morgan fingerprint density at radius 3 is 2.03 bits per heavy atom. The van der Waals surface area contributed by atoms with Crippen molar-refractivity contribution in [2.75, 3.05) is 13.7 Å². The van der Waals surface area contributed by atoms with E-state index in [2.05, 4.69) is 17.6 Å². The smallest absolute Gasteiger partial charge is 0.321 e. The summed E-state index contributed by atoms with van der Waals surface area (Å²) < 4.78 is 11.5. The minimum absolute atomic E-state index is 0.0775. The summed E-state index contributed by atoms with van der Waals surface area (Å²) >= 11 is 0. The minimum atomic E-state index is -1.14. The van der Waals surface area contributed by atoms with Crippen molar-refractivity contribution >= 4 is 11.9 Å². The van der Waals surface area contributed by atoms with Gasteiger partial charge in [-0.25, -0.2) is 5.48 Å². The Bertz CT molecular complexity index is 872. The van der Waals surface area contributed by atoms with Gasteiger partial charge in [-0.1, -0.05) is 48.5 Å². The minimum Gasteiger partial charge on any atom is -0.464 e. The molecule has 0 aliphatic heterocycles. The number of hydrogen-bond donors (Lipinski definition) is 1. The SMILES string of the molecule is CONC(=O)C(C(=O)OCC1c2ccccc2-c2ccccc21)[C@@H](C)OC(C)(C)C. The van der Waals surface area contributed by atoms with E-state index >= 15 is 0 Å². The van der Waals surface area contributed by atoms with Crippen LogP contribution in [0.25, 0.3) is 11.1 Å². The molecule has 0 fully saturated rings. The van der Waals surface area contributed by atoms with Gasteiger partial charge in [0.2, 0.25) is 0 Å². The lowest BCUT2D eigenvalue weighted by Crippen LogP contribution is -2.45. The Labute approximate surface area is 177 Å². The fraction of sp³-hybridized carbons (Fsp3) is 0.417. The highest BCUT2D eigenvalue weighted by molar-refractivity contribution is 5.98. The van der Waals surface area contributed by atoms with Gasteiger partial charge in [-0.05, 0) is 49.9 Å². The Kier molecular flexibility index (Phi) is 6.58. The number of ether oxygens (including phenoxy) is 2. The van der Waals surface area contributed by atoms with Crippen molar-refractivity contribution in [1.29, 1.82) is 0 Å². The van der Waals surface area contributed by atoms with Crippen molar-refractivity contribution in [3.05, 3.63) is 59.7 Å². The van der Waals surface area contributed by atoms with Gasteiger partial charge in [0.25, 0.3) is 5.91 Å². The maximum Gasteiger partial charge on any atom is 0.321 e. The summed E-state index contributed by atoms with van der Waals surface area (Å²) in [6, 6.07) is 16.2. The lowest BCUT2D eigenvalue weighted by atomic mass is 9.97. The molecule has 0 aromatic heterocycles.